The van der Waals surface area contributed by atoms with Crippen LogP contribution in [0.15, 0.2) is 42.6 Å². The number of rotatable bonds is 6. The monoisotopic (exact) mass is 439 g/mol. The normalized spacial score (nSPS) is 10.3. The second-order valence-corrected chi connectivity index (χ2v) is 6.78. The predicted molar refractivity (Wildman–Crippen MR) is 114 cm³/mol. The summed E-state index contributed by atoms with van der Waals surface area (Å²) in [6.45, 7) is 0. The summed E-state index contributed by atoms with van der Waals surface area (Å²) in [5.41, 5.74) is 6.72. The summed E-state index contributed by atoms with van der Waals surface area (Å²) >= 11 is 5.94. The van der Waals surface area contributed by atoms with E-state index in [4.69, 9.17) is 31.5 Å². The zero-order valence-electron chi connectivity index (χ0n) is 16.9. The zero-order valence-corrected chi connectivity index (χ0v) is 17.7. The number of nitrogen functional groups attached to an aromatic ring is 1. The maximum atomic E-state index is 13.4. The van der Waals surface area contributed by atoms with E-state index in [0.717, 1.165) is 0 Å². The Hall–Kier alpha value is -3.96. The maximum absolute atomic E-state index is 13.4. The Kier molecular flexibility index (Phi) is 6.18. The summed E-state index contributed by atoms with van der Waals surface area (Å²) in [7, 11) is 4.07. The molecular formula is C22H18ClN3O5. The van der Waals surface area contributed by atoms with Crippen LogP contribution in [0.25, 0.3) is 5.69 Å². The standard InChI is InChI=1S/C22H18ClN3O5/c1-29-17-8-15(21(27)12-4-6-14(23)7-5-12)16(9-18(17)30-2)26-11-13(10-24)19(25)20(26)22(28)31-3/h4-9,11H,25H2,1-3H3. The molecule has 158 valence electrons. The van der Waals surface area contributed by atoms with Gasteiger partial charge in [-0.15, -0.1) is 0 Å². The summed E-state index contributed by atoms with van der Waals surface area (Å²) in [6, 6.07) is 11.3. The largest absolute Gasteiger partial charge is 0.493 e. The molecule has 9 heteroatoms. The molecule has 2 aromatic carbocycles. The van der Waals surface area contributed by atoms with Crippen molar-refractivity contribution < 1.29 is 23.8 Å². The van der Waals surface area contributed by atoms with Gasteiger partial charge < -0.3 is 24.5 Å². The van der Waals surface area contributed by atoms with Crippen LogP contribution in [0, 0.1) is 11.3 Å². The molecule has 0 radical (unpaired) electrons. The Morgan fingerprint density at radius 3 is 2.23 bits per heavy atom. The Bertz CT molecular complexity index is 1210. The number of halogens is 1. The number of methoxy groups -OCH3 is 3. The minimum Gasteiger partial charge on any atom is -0.493 e. The second kappa shape index (κ2) is 8.81. The summed E-state index contributed by atoms with van der Waals surface area (Å²) in [4.78, 5) is 25.8. The summed E-state index contributed by atoms with van der Waals surface area (Å²) in [5, 5.41) is 9.88. The average molecular weight is 440 g/mol. The first-order valence-corrected chi connectivity index (χ1v) is 9.29. The van der Waals surface area contributed by atoms with Gasteiger partial charge in [0.15, 0.2) is 23.0 Å². The van der Waals surface area contributed by atoms with Gasteiger partial charge in [-0.1, -0.05) is 11.6 Å². The van der Waals surface area contributed by atoms with E-state index in [0.29, 0.717) is 22.1 Å². The highest BCUT2D eigenvalue weighted by Gasteiger charge is 2.26. The average Bonchev–Trinajstić information content (AvgIpc) is 3.13. The molecule has 3 rings (SSSR count). The molecule has 0 spiro atoms. The lowest BCUT2D eigenvalue weighted by atomic mass is 10.0. The molecule has 1 aromatic heterocycles. The predicted octanol–water partition coefficient (Wildman–Crippen LogP) is 3.62. The van der Waals surface area contributed by atoms with Crippen LogP contribution >= 0.6 is 11.6 Å². The van der Waals surface area contributed by atoms with Crippen LogP contribution in [0.5, 0.6) is 11.5 Å². The quantitative estimate of drug-likeness (QED) is 0.460. The molecule has 0 aliphatic rings. The van der Waals surface area contributed by atoms with E-state index in [-0.39, 0.29) is 34.0 Å². The molecule has 1 heterocycles. The molecule has 0 atom stereocenters. The van der Waals surface area contributed by atoms with Gasteiger partial charge in [-0.25, -0.2) is 4.79 Å². The first-order valence-electron chi connectivity index (χ1n) is 8.92. The van der Waals surface area contributed by atoms with Crippen molar-refractivity contribution in [1.82, 2.24) is 4.57 Å². The van der Waals surface area contributed by atoms with Crippen molar-refractivity contribution in [3.63, 3.8) is 0 Å². The van der Waals surface area contributed by atoms with Crippen molar-refractivity contribution in [1.29, 1.82) is 5.26 Å². The molecule has 3 aromatic rings. The van der Waals surface area contributed by atoms with Crippen LogP contribution in [0.2, 0.25) is 5.02 Å². The molecule has 31 heavy (non-hydrogen) atoms. The number of carbonyl (C=O) groups is 2. The fourth-order valence-electron chi connectivity index (χ4n) is 3.11. The van der Waals surface area contributed by atoms with Gasteiger partial charge >= 0.3 is 5.97 Å². The highest BCUT2D eigenvalue weighted by Crippen LogP contribution is 2.36. The van der Waals surface area contributed by atoms with E-state index in [9.17, 15) is 14.9 Å². The number of nitriles is 1. The lowest BCUT2D eigenvalue weighted by molar-refractivity contribution is 0.0592. The number of aromatic nitrogens is 1. The second-order valence-electron chi connectivity index (χ2n) is 6.34. The first-order chi connectivity index (χ1) is 14.9. The van der Waals surface area contributed by atoms with Crippen LogP contribution in [0.4, 0.5) is 5.69 Å². The number of ketones is 1. The molecule has 0 saturated carbocycles. The SMILES string of the molecule is COC(=O)c1c(N)c(C#N)cn1-c1cc(OC)c(OC)cc1C(=O)c1ccc(Cl)cc1. The van der Waals surface area contributed by atoms with Crippen LogP contribution < -0.4 is 15.2 Å². The maximum Gasteiger partial charge on any atom is 0.357 e. The number of hydrogen-bond donors (Lipinski definition) is 1. The Morgan fingerprint density at radius 2 is 1.68 bits per heavy atom. The van der Waals surface area contributed by atoms with Crippen LogP contribution in [-0.4, -0.2) is 37.6 Å². The van der Waals surface area contributed by atoms with Gasteiger partial charge in [-0.05, 0) is 30.3 Å². The van der Waals surface area contributed by atoms with E-state index in [1.54, 1.807) is 24.3 Å². The smallest absolute Gasteiger partial charge is 0.357 e. The highest BCUT2D eigenvalue weighted by molar-refractivity contribution is 6.30. The van der Waals surface area contributed by atoms with Crippen molar-refractivity contribution >= 4 is 29.0 Å². The molecule has 0 fully saturated rings. The molecule has 0 saturated heterocycles. The van der Waals surface area contributed by atoms with E-state index in [1.165, 1.54) is 44.2 Å². The lowest BCUT2D eigenvalue weighted by Crippen LogP contribution is -2.14. The van der Waals surface area contributed by atoms with Crippen molar-refractivity contribution in [2.24, 2.45) is 0 Å². The number of nitrogens with two attached hydrogens (primary N) is 1. The number of ether oxygens (including phenoxy) is 3. The van der Waals surface area contributed by atoms with Gasteiger partial charge in [0.05, 0.1) is 43.8 Å². The van der Waals surface area contributed by atoms with Crippen molar-refractivity contribution in [3.8, 4) is 23.3 Å². The molecule has 0 aliphatic heterocycles. The molecule has 0 aliphatic carbocycles. The Balaban J connectivity index is 2.35. The first kappa shape index (κ1) is 21.7. The van der Waals surface area contributed by atoms with Gasteiger partial charge in [-0.3, -0.25) is 4.79 Å². The summed E-state index contributed by atoms with van der Waals surface area (Å²) < 4.78 is 16.9. The molecule has 0 amide bonds. The number of hydrogen-bond acceptors (Lipinski definition) is 7. The third-order valence-corrected chi connectivity index (χ3v) is 4.91. The van der Waals surface area contributed by atoms with Crippen molar-refractivity contribution in [3.05, 3.63) is 70.0 Å². The van der Waals surface area contributed by atoms with Crippen molar-refractivity contribution in [2.75, 3.05) is 27.1 Å². The summed E-state index contributed by atoms with van der Waals surface area (Å²) in [6.07, 6.45) is 1.36. The highest BCUT2D eigenvalue weighted by atomic mass is 35.5. The van der Waals surface area contributed by atoms with Gasteiger partial charge in [0.1, 0.15) is 6.07 Å². The minimum atomic E-state index is -0.765. The van der Waals surface area contributed by atoms with Crippen LogP contribution in [-0.2, 0) is 4.74 Å². The molecular weight excluding hydrogens is 422 g/mol. The van der Waals surface area contributed by atoms with Gasteiger partial charge in [-0.2, -0.15) is 5.26 Å². The zero-order chi connectivity index (χ0) is 22.7. The fraction of sp³-hybridized carbons (Fsp3) is 0.136. The third-order valence-electron chi connectivity index (χ3n) is 4.66. The number of esters is 1. The number of anilines is 1. The van der Waals surface area contributed by atoms with E-state index >= 15 is 0 Å². The fourth-order valence-corrected chi connectivity index (χ4v) is 3.24. The number of benzene rings is 2. The Labute approximate surface area is 183 Å². The molecule has 8 nitrogen and oxygen atoms in total. The van der Waals surface area contributed by atoms with E-state index in [1.807, 2.05) is 6.07 Å². The molecule has 0 unspecified atom stereocenters. The third kappa shape index (κ3) is 3.91. The van der Waals surface area contributed by atoms with E-state index in [2.05, 4.69) is 0 Å². The molecule has 0 bridgehead atoms. The summed E-state index contributed by atoms with van der Waals surface area (Å²) in [5.74, 6) is -0.511. The topological polar surface area (TPSA) is 117 Å². The van der Waals surface area contributed by atoms with Crippen molar-refractivity contribution in [2.45, 2.75) is 0 Å². The lowest BCUT2D eigenvalue weighted by Gasteiger charge is -2.17. The molecule has 2 N–H and O–H groups in total. The van der Waals surface area contributed by atoms with E-state index < -0.39 is 5.97 Å². The Morgan fingerprint density at radius 1 is 1.06 bits per heavy atom. The van der Waals surface area contributed by atoms with Crippen LogP contribution in [0.3, 0.4) is 0 Å². The minimum absolute atomic E-state index is 0.0556. The van der Waals surface area contributed by atoms with Gasteiger partial charge in [0.2, 0.25) is 0 Å². The van der Waals surface area contributed by atoms with Gasteiger partial charge in [0.25, 0.3) is 0 Å². The van der Waals surface area contributed by atoms with Crippen LogP contribution in [0.1, 0.15) is 32.0 Å². The van der Waals surface area contributed by atoms with Gasteiger partial charge in [0, 0.05) is 22.8 Å². The number of nitrogens with zero attached hydrogens (tertiary/aromatic N) is 2. The number of carbonyl (C=O) groups excluding carboxylic acids is 2.